The van der Waals surface area contributed by atoms with Crippen LogP contribution in [0.2, 0.25) is 0 Å². The number of oxazole rings is 1. The minimum atomic E-state index is 0. The number of aryl methyl sites for hydroxylation is 1. The summed E-state index contributed by atoms with van der Waals surface area (Å²) in [6.45, 7) is 2.08. The standard InChI is InChI=1S/C18H21N7O.HI/c1-19-18(21-11-16-24-23-15-8-5-9-25(15)16)20-10-14-17(26-12-22-14)13-6-3-2-4-7-13;/h2-4,6-7,12H,5,8-11H2,1H3,(H2,19,20,21);1H. The van der Waals surface area contributed by atoms with Crippen LogP contribution in [-0.4, -0.2) is 32.8 Å². The number of hydrogen-bond donors (Lipinski definition) is 2. The highest BCUT2D eigenvalue weighted by Gasteiger charge is 2.17. The molecular formula is C18H22IN7O. The Balaban J connectivity index is 0.00000210. The molecule has 2 aromatic heterocycles. The van der Waals surface area contributed by atoms with E-state index in [9.17, 15) is 0 Å². The van der Waals surface area contributed by atoms with Crippen molar-refractivity contribution < 1.29 is 4.42 Å². The Morgan fingerprint density at radius 1 is 1.19 bits per heavy atom. The zero-order valence-electron chi connectivity index (χ0n) is 15.1. The van der Waals surface area contributed by atoms with Gasteiger partial charge in [-0.3, -0.25) is 4.99 Å². The van der Waals surface area contributed by atoms with E-state index in [2.05, 4.69) is 35.4 Å². The first kappa shape index (κ1) is 19.3. The fourth-order valence-corrected chi connectivity index (χ4v) is 3.11. The van der Waals surface area contributed by atoms with Gasteiger partial charge in [0.2, 0.25) is 0 Å². The molecule has 0 atom stereocenters. The zero-order valence-corrected chi connectivity index (χ0v) is 17.4. The molecule has 1 aliphatic heterocycles. The summed E-state index contributed by atoms with van der Waals surface area (Å²) >= 11 is 0. The van der Waals surface area contributed by atoms with Crippen LogP contribution < -0.4 is 10.6 Å². The van der Waals surface area contributed by atoms with Crippen LogP contribution in [0.3, 0.4) is 0 Å². The van der Waals surface area contributed by atoms with Crippen LogP contribution >= 0.6 is 24.0 Å². The van der Waals surface area contributed by atoms with Gasteiger partial charge in [-0.15, -0.1) is 34.2 Å². The van der Waals surface area contributed by atoms with Crippen LogP contribution in [0.1, 0.15) is 23.8 Å². The highest BCUT2D eigenvalue weighted by Crippen LogP contribution is 2.22. The summed E-state index contributed by atoms with van der Waals surface area (Å²) in [6.07, 6.45) is 3.61. The van der Waals surface area contributed by atoms with Crippen molar-refractivity contribution in [3.8, 4) is 11.3 Å². The average Bonchev–Trinajstić information content (AvgIpc) is 3.40. The average molecular weight is 479 g/mol. The van der Waals surface area contributed by atoms with Gasteiger partial charge in [0.1, 0.15) is 11.5 Å². The quantitative estimate of drug-likeness (QED) is 0.332. The molecular weight excluding hydrogens is 457 g/mol. The van der Waals surface area contributed by atoms with Crippen molar-refractivity contribution >= 4 is 29.9 Å². The number of fused-ring (bicyclic) bond motifs is 1. The number of nitrogens with one attached hydrogen (secondary N) is 2. The van der Waals surface area contributed by atoms with Gasteiger partial charge in [-0.2, -0.15) is 0 Å². The van der Waals surface area contributed by atoms with Crippen LogP contribution in [0.25, 0.3) is 11.3 Å². The van der Waals surface area contributed by atoms with Gasteiger partial charge in [0.05, 0.1) is 13.1 Å². The van der Waals surface area contributed by atoms with Crippen molar-refractivity contribution in [1.29, 1.82) is 0 Å². The van der Waals surface area contributed by atoms with Crippen LogP contribution in [0.5, 0.6) is 0 Å². The van der Waals surface area contributed by atoms with Crippen LogP contribution in [-0.2, 0) is 26.1 Å². The number of rotatable bonds is 5. The summed E-state index contributed by atoms with van der Waals surface area (Å²) in [5.41, 5.74) is 1.84. The molecule has 0 radical (unpaired) electrons. The molecule has 2 N–H and O–H groups in total. The third kappa shape index (κ3) is 4.29. The second kappa shape index (κ2) is 8.98. The highest BCUT2D eigenvalue weighted by molar-refractivity contribution is 14.0. The first-order chi connectivity index (χ1) is 12.8. The van der Waals surface area contributed by atoms with E-state index in [1.54, 1.807) is 7.05 Å². The fraction of sp³-hybridized carbons (Fsp3) is 0.333. The van der Waals surface area contributed by atoms with Crippen LogP contribution in [0.15, 0.2) is 46.1 Å². The Bertz CT molecular complexity index is 904. The Morgan fingerprint density at radius 3 is 2.81 bits per heavy atom. The topological polar surface area (TPSA) is 93.2 Å². The minimum Gasteiger partial charge on any atom is -0.443 e. The van der Waals surface area contributed by atoms with Gasteiger partial charge < -0.3 is 19.6 Å². The molecule has 0 aliphatic carbocycles. The first-order valence-corrected chi connectivity index (χ1v) is 8.68. The molecule has 1 aliphatic rings. The van der Waals surface area contributed by atoms with Gasteiger partial charge in [0, 0.05) is 25.6 Å². The Kier molecular flexibility index (Phi) is 6.43. The number of aromatic nitrogens is 4. The molecule has 0 spiro atoms. The van der Waals surface area contributed by atoms with E-state index < -0.39 is 0 Å². The summed E-state index contributed by atoms with van der Waals surface area (Å²) in [7, 11) is 1.74. The van der Waals surface area contributed by atoms with Gasteiger partial charge in [-0.1, -0.05) is 30.3 Å². The van der Waals surface area contributed by atoms with E-state index in [1.165, 1.54) is 6.39 Å². The van der Waals surface area contributed by atoms with Crippen molar-refractivity contribution in [2.75, 3.05) is 7.05 Å². The summed E-state index contributed by atoms with van der Waals surface area (Å²) in [6, 6.07) is 9.94. The number of nitrogens with zero attached hydrogens (tertiary/aromatic N) is 5. The SMILES string of the molecule is CN=C(NCc1ncoc1-c1ccccc1)NCc1nnc2n1CCC2.I. The van der Waals surface area contributed by atoms with Gasteiger partial charge in [0.15, 0.2) is 23.9 Å². The van der Waals surface area contributed by atoms with E-state index in [4.69, 9.17) is 4.42 Å². The third-order valence-corrected chi connectivity index (χ3v) is 4.42. The normalized spacial score (nSPS) is 13.1. The number of aliphatic imine (C=N–C) groups is 1. The molecule has 3 heterocycles. The Hall–Kier alpha value is -2.43. The lowest BCUT2D eigenvalue weighted by atomic mass is 10.1. The maximum absolute atomic E-state index is 5.55. The molecule has 3 aromatic rings. The molecule has 0 fully saturated rings. The molecule has 0 unspecified atom stereocenters. The second-order valence-electron chi connectivity index (χ2n) is 6.06. The van der Waals surface area contributed by atoms with E-state index in [0.717, 1.165) is 48.1 Å². The summed E-state index contributed by atoms with van der Waals surface area (Å²) < 4.78 is 7.72. The maximum Gasteiger partial charge on any atom is 0.191 e. The van der Waals surface area contributed by atoms with Gasteiger partial charge >= 0.3 is 0 Å². The monoisotopic (exact) mass is 479 g/mol. The number of benzene rings is 1. The van der Waals surface area contributed by atoms with Crippen molar-refractivity contribution in [1.82, 2.24) is 30.4 Å². The molecule has 8 nitrogen and oxygen atoms in total. The number of hydrogen-bond acceptors (Lipinski definition) is 5. The Morgan fingerprint density at radius 2 is 2.00 bits per heavy atom. The first-order valence-electron chi connectivity index (χ1n) is 8.68. The van der Waals surface area contributed by atoms with Crippen molar-refractivity contribution in [3.63, 3.8) is 0 Å². The van der Waals surface area contributed by atoms with Crippen LogP contribution in [0.4, 0.5) is 0 Å². The minimum absolute atomic E-state index is 0. The number of guanidine groups is 1. The molecule has 0 saturated heterocycles. The maximum atomic E-state index is 5.55. The molecule has 27 heavy (non-hydrogen) atoms. The molecule has 0 saturated carbocycles. The summed E-state index contributed by atoms with van der Waals surface area (Å²) in [4.78, 5) is 8.58. The van der Waals surface area contributed by atoms with E-state index in [-0.39, 0.29) is 24.0 Å². The summed E-state index contributed by atoms with van der Waals surface area (Å²) in [5, 5.41) is 15.0. The molecule has 4 rings (SSSR count). The lowest BCUT2D eigenvalue weighted by Gasteiger charge is -2.11. The smallest absolute Gasteiger partial charge is 0.191 e. The predicted octanol–water partition coefficient (Wildman–Crippen LogP) is 2.36. The van der Waals surface area contributed by atoms with Gasteiger partial charge in [0.25, 0.3) is 0 Å². The largest absolute Gasteiger partial charge is 0.443 e. The van der Waals surface area contributed by atoms with Crippen molar-refractivity contribution in [2.24, 2.45) is 4.99 Å². The molecule has 0 bridgehead atoms. The highest BCUT2D eigenvalue weighted by atomic mass is 127. The van der Waals surface area contributed by atoms with Crippen LogP contribution in [0, 0.1) is 0 Å². The molecule has 142 valence electrons. The lowest BCUT2D eigenvalue weighted by Crippen LogP contribution is -2.37. The Labute approximate surface area is 174 Å². The van der Waals surface area contributed by atoms with Crippen molar-refractivity contribution in [3.05, 3.63) is 54.1 Å². The van der Waals surface area contributed by atoms with E-state index >= 15 is 0 Å². The van der Waals surface area contributed by atoms with E-state index in [1.807, 2.05) is 30.3 Å². The molecule has 0 amide bonds. The van der Waals surface area contributed by atoms with Crippen molar-refractivity contribution in [2.45, 2.75) is 32.5 Å². The third-order valence-electron chi connectivity index (χ3n) is 4.42. The lowest BCUT2D eigenvalue weighted by molar-refractivity contribution is 0.570. The van der Waals surface area contributed by atoms with Gasteiger partial charge in [-0.05, 0) is 6.42 Å². The zero-order chi connectivity index (χ0) is 17.8. The summed E-state index contributed by atoms with van der Waals surface area (Å²) in [5.74, 6) is 3.46. The number of halogens is 1. The predicted molar refractivity (Wildman–Crippen MR) is 113 cm³/mol. The second-order valence-corrected chi connectivity index (χ2v) is 6.06. The molecule has 9 heteroatoms. The fourth-order valence-electron chi connectivity index (χ4n) is 3.11. The van der Waals surface area contributed by atoms with Gasteiger partial charge in [-0.25, -0.2) is 4.98 Å². The van der Waals surface area contributed by atoms with E-state index in [0.29, 0.717) is 19.0 Å². The molecule has 1 aromatic carbocycles.